The van der Waals surface area contributed by atoms with Gasteiger partial charge in [0.05, 0.1) is 5.92 Å². The number of oxazole rings is 1. The lowest BCUT2D eigenvalue weighted by Crippen LogP contribution is -2.54. The van der Waals surface area contributed by atoms with E-state index >= 15 is 0 Å². The minimum atomic E-state index is -4.56. The monoisotopic (exact) mass is 415 g/mol. The average Bonchev–Trinajstić information content (AvgIpc) is 3.30. The Hall–Kier alpha value is -3.40. The van der Waals surface area contributed by atoms with Crippen molar-refractivity contribution in [3.05, 3.63) is 65.8 Å². The van der Waals surface area contributed by atoms with Crippen molar-refractivity contribution in [1.29, 1.82) is 0 Å². The van der Waals surface area contributed by atoms with Gasteiger partial charge in [0.1, 0.15) is 17.8 Å². The van der Waals surface area contributed by atoms with E-state index in [0.29, 0.717) is 22.5 Å². The number of nitrogens with one attached hydrogen (secondary N) is 2. The molecule has 1 aromatic carbocycles. The van der Waals surface area contributed by atoms with Gasteiger partial charge in [0.25, 0.3) is 5.91 Å². The van der Waals surface area contributed by atoms with Crippen LogP contribution in [0.2, 0.25) is 0 Å². The molecule has 5 rings (SSSR count). The normalized spacial score (nSPS) is 24.3. The molecule has 7 nitrogen and oxygen atoms in total. The molecule has 0 radical (unpaired) electrons. The maximum absolute atomic E-state index is 13.8. The van der Waals surface area contributed by atoms with Gasteiger partial charge in [-0.15, -0.1) is 0 Å². The van der Waals surface area contributed by atoms with Gasteiger partial charge in [0.2, 0.25) is 5.89 Å². The maximum Gasteiger partial charge on any atom is 0.406 e. The number of aromatic nitrogens is 2. The lowest BCUT2D eigenvalue weighted by molar-refractivity contribution is -0.161. The Kier molecular flexibility index (Phi) is 4.07. The Morgan fingerprint density at radius 3 is 2.60 bits per heavy atom. The van der Waals surface area contributed by atoms with Crippen LogP contribution in [-0.2, 0) is 4.79 Å². The van der Waals surface area contributed by atoms with E-state index in [4.69, 9.17) is 4.42 Å². The average molecular weight is 415 g/mol. The molecule has 30 heavy (non-hydrogen) atoms. The van der Waals surface area contributed by atoms with E-state index in [-0.39, 0.29) is 11.5 Å². The number of benzene rings is 1. The molecule has 3 aromatic rings. The van der Waals surface area contributed by atoms with E-state index in [0.717, 1.165) is 5.01 Å². The topological polar surface area (TPSA) is 83.3 Å². The van der Waals surface area contributed by atoms with Gasteiger partial charge in [-0.2, -0.15) is 18.2 Å². The second kappa shape index (κ2) is 6.56. The number of hydrogen-bond acceptors (Lipinski definition) is 6. The second-order valence-corrected chi connectivity index (χ2v) is 7.19. The van der Waals surface area contributed by atoms with Crippen molar-refractivity contribution < 1.29 is 22.4 Å². The third-order valence-corrected chi connectivity index (χ3v) is 5.34. The number of carbonyl (C=O) groups excluding carboxylic acids is 1. The van der Waals surface area contributed by atoms with Gasteiger partial charge in [-0.3, -0.25) is 4.79 Å². The fourth-order valence-corrected chi connectivity index (χ4v) is 4.02. The molecule has 2 aliphatic rings. The standard InChI is InChI=1S/C20H16F3N5O2/c1-10-13(18-26-16-12(30-18)8-5-9-24-16)19(29)28-17(25-10)14(11-6-3-2-4-7-11)15(27-28)20(21,22)23/h2-9,14-15,17,25,27H,1H3. The highest BCUT2D eigenvalue weighted by Gasteiger charge is 2.58. The molecule has 1 saturated heterocycles. The van der Waals surface area contributed by atoms with Gasteiger partial charge >= 0.3 is 6.18 Å². The second-order valence-electron chi connectivity index (χ2n) is 7.19. The molecule has 0 bridgehead atoms. The minimum Gasteiger partial charge on any atom is -0.434 e. The highest BCUT2D eigenvalue weighted by atomic mass is 19.4. The zero-order valence-electron chi connectivity index (χ0n) is 15.6. The van der Waals surface area contributed by atoms with Gasteiger partial charge in [0.15, 0.2) is 11.2 Å². The highest BCUT2D eigenvalue weighted by Crippen LogP contribution is 2.42. The summed E-state index contributed by atoms with van der Waals surface area (Å²) in [5.41, 5.74) is 3.98. The summed E-state index contributed by atoms with van der Waals surface area (Å²) in [6, 6.07) is 9.72. The van der Waals surface area contributed by atoms with Crippen LogP contribution >= 0.6 is 0 Å². The van der Waals surface area contributed by atoms with Crippen molar-refractivity contribution in [2.24, 2.45) is 0 Å². The smallest absolute Gasteiger partial charge is 0.406 e. The number of carbonyl (C=O) groups is 1. The van der Waals surface area contributed by atoms with Crippen molar-refractivity contribution >= 4 is 22.7 Å². The molecule has 154 valence electrons. The van der Waals surface area contributed by atoms with E-state index in [1.54, 1.807) is 49.4 Å². The SMILES string of the molecule is CC1=C(c2nc3ncccc3o2)C(=O)N2NC(C(F)(F)F)C(c3ccccc3)C2N1. The Balaban J connectivity index is 1.58. The molecule has 3 atom stereocenters. The summed E-state index contributed by atoms with van der Waals surface area (Å²) in [7, 11) is 0. The largest absolute Gasteiger partial charge is 0.434 e. The van der Waals surface area contributed by atoms with Crippen LogP contribution in [-0.4, -0.2) is 39.3 Å². The van der Waals surface area contributed by atoms with Gasteiger partial charge in [-0.25, -0.2) is 15.4 Å². The van der Waals surface area contributed by atoms with Crippen LogP contribution in [0.1, 0.15) is 24.3 Å². The van der Waals surface area contributed by atoms with Gasteiger partial charge in [0, 0.05) is 11.9 Å². The van der Waals surface area contributed by atoms with Crippen LogP contribution in [0.15, 0.2) is 58.8 Å². The third-order valence-electron chi connectivity index (χ3n) is 5.34. The van der Waals surface area contributed by atoms with Gasteiger partial charge in [-0.1, -0.05) is 30.3 Å². The predicted octanol–water partition coefficient (Wildman–Crippen LogP) is 2.94. The Labute approximate surface area is 168 Å². The molecule has 1 amide bonds. The number of allylic oxidation sites excluding steroid dienone is 1. The first-order valence-corrected chi connectivity index (χ1v) is 9.25. The number of nitrogens with zero attached hydrogens (tertiary/aromatic N) is 3. The number of rotatable bonds is 2. The Morgan fingerprint density at radius 2 is 1.90 bits per heavy atom. The first-order valence-electron chi connectivity index (χ1n) is 9.25. The number of alkyl halides is 3. The number of pyridine rings is 1. The number of amides is 1. The van der Waals surface area contributed by atoms with E-state index in [9.17, 15) is 18.0 Å². The molecule has 0 saturated carbocycles. The zero-order valence-corrected chi connectivity index (χ0v) is 15.6. The number of hydrogen-bond donors (Lipinski definition) is 2. The van der Waals surface area contributed by atoms with E-state index in [2.05, 4.69) is 20.7 Å². The van der Waals surface area contributed by atoms with E-state index in [1.165, 1.54) is 6.20 Å². The summed E-state index contributed by atoms with van der Waals surface area (Å²) < 4.78 is 47.2. The third kappa shape index (κ3) is 2.83. The Bertz CT molecular complexity index is 1120. The maximum atomic E-state index is 13.8. The quantitative estimate of drug-likeness (QED) is 0.670. The van der Waals surface area contributed by atoms with Crippen molar-refractivity contribution in [2.75, 3.05) is 0 Å². The molecular formula is C20H16F3N5O2. The molecule has 2 N–H and O–H groups in total. The van der Waals surface area contributed by atoms with Crippen LogP contribution < -0.4 is 10.7 Å². The zero-order chi connectivity index (χ0) is 21.0. The minimum absolute atomic E-state index is 0.00525. The molecule has 0 aliphatic carbocycles. The fourth-order valence-electron chi connectivity index (χ4n) is 4.02. The summed E-state index contributed by atoms with van der Waals surface area (Å²) in [6.45, 7) is 1.62. The molecule has 0 spiro atoms. The molecule has 10 heteroatoms. The van der Waals surface area contributed by atoms with Gasteiger partial charge in [-0.05, 0) is 24.6 Å². The molecule has 3 unspecified atom stereocenters. The van der Waals surface area contributed by atoms with Crippen LogP contribution in [0.4, 0.5) is 13.2 Å². The van der Waals surface area contributed by atoms with Gasteiger partial charge < -0.3 is 9.73 Å². The summed E-state index contributed by atoms with van der Waals surface area (Å²) >= 11 is 0. The molecule has 1 fully saturated rings. The van der Waals surface area contributed by atoms with E-state index < -0.39 is 30.2 Å². The predicted molar refractivity (Wildman–Crippen MR) is 100 cm³/mol. The van der Waals surface area contributed by atoms with Crippen LogP contribution in [0.3, 0.4) is 0 Å². The summed E-state index contributed by atoms with van der Waals surface area (Å²) in [6.07, 6.45) is -3.94. The highest BCUT2D eigenvalue weighted by molar-refractivity contribution is 6.20. The Morgan fingerprint density at radius 1 is 1.13 bits per heavy atom. The lowest BCUT2D eigenvalue weighted by atomic mass is 9.89. The van der Waals surface area contributed by atoms with Crippen LogP contribution in [0.5, 0.6) is 0 Å². The molecule has 4 heterocycles. The van der Waals surface area contributed by atoms with Crippen LogP contribution in [0, 0.1) is 0 Å². The van der Waals surface area contributed by atoms with Crippen molar-refractivity contribution in [1.82, 2.24) is 25.7 Å². The number of halogens is 3. The first-order chi connectivity index (χ1) is 14.3. The summed E-state index contributed by atoms with van der Waals surface area (Å²) in [4.78, 5) is 21.5. The molecular weight excluding hydrogens is 399 g/mol. The van der Waals surface area contributed by atoms with E-state index in [1.807, 2.05) is 0 Å². The lowest BCUT2D eigenvalue weighted by Gasteiger charge is -2.34. The molecule has 2 aromatic heterocycles. The number of hydrazine groups is 1. The van der Waals surface area contributed by atoms with Crippen molar-refractivity contribution in [3.63, 3.8) is 0 Å². The number of fused-ring (bicyclic) bond motifs is 2. The molecule has 2 aliphatic heterocycles. The van der Waals surface area contributed by atoms with Crippen molar-refractivity contribution in [3.8, 4) is 0 Å². The van der Waals surface area contributed by atoms with Crippen molar-refractivity contribution in [2.45, 2.75) is 31.2 Å². The summed E-state index contributed by atoms with van der Waals surface area (Å²) in [5.74, 6) is -1.67. The summed E-state index contributed by atoms with van der Waals surface area (Å²) in [5, 5.41) is 4.04. The fraction of sp³-hybridized carbons (Fsp3) is 0.250. The van der Waals surface area contributed by atoms with Crippen LogP contribution in [0.25, 0.3) is 16.8 Å². The first kappa shape index (κ1) is 18.6.